The van der Waals surface area contributed by atoms with Crippen LogP contribution in [0, 0.1) is 20.8 Å². The topological polar surface area (TPSA) is 66.5 Å². The van der Waals surface area contributed by atoms with Crippen LogP contribution in [0.15, 0.2) is 78.4 Å². The van der Waals surface area contributed by atoms with Gasteiger partial charge in [-0.05, 0) is 78.4 Å². The maximum atomic E-state index is 13.6. The molecule has 1 saturated heterocycles. The Morgan fingerprint density at radius 1 is 0.865 bits per heavy atom. The van der Waals surface area contributed by atoms with Gasteiger partial charge in [0.2, 0.25) is 0 Å². The Kier molecular flexibility index (Phi) is 6.40. The Labute approximate surface area is 220 Å². The molecule has 1 heterocycles. The number of hydrogen-bond donors (Lipinski definition) is 1. The van der Waals surface area contributed by atoms with E-state index in [1.807, 2.05) is 36.4 Å². The van der Waals surface area contributed by atoms with Gasteiger partial charge in [0, 0.05) is 5.02 Å². The molecule has 184 valence electrons. The minimum absolute atomic E-state index is 0.114. The summed E-state index contributed by atoms with van der Waals surface area (Å²) < 4.78 is 0. The molecule has 5 nitrogen and oxygen atoms in total. The molecule has 5 rings (SSSR count). The number of benzene rings is 4. The van der Waals surface area contributed by atoms with Gasteiger partial charge >= 0.3 is 6.03 Å². The highest BCUT2D eigenvalue weighted by Gasteiger charge is 2.37. The molecule has 0 unspecified atom stereocenters. The van der Waals surface area contributed by atoms with Crippen molar-refractivity contribution in [2.45, 2.75) is 27.2 Å². The molecular weight excluding hydrogens is 484 g/mol. The second-order valence-corrected chi connectivity index (χ2v) is 9.86. The van der Waals surface area contributed by atoms with Crippen LogP contribution in [0.5, 0.6) is 0 Å². The zero-order chi connectivity index (χ0) is 26.3. The number of barbiturate groups is 1. The average Bonchev–Trinajstić information content (AvgIpc) is 2.84. The third-order valence-corrected chi connectivity index (χ3v) is 6.77. The van der Waals surface area contributed by atoms with E-state index in [1.165, 1.54) is 11.1 Å². The van der Waals surface area contributed by atoms with Crippen LogP contribution < -0.4 is 10.2 Å². The molecule has 0 radical (unpaired) electrons. The number of urea groups is 1. The fourth-order valence-corrected chi connectivity index (χ4v) is 5.07. The zero-order valence-electron chi connectivity index (χ0n) is 20.8. The SMILES string of the molecule is Cc1cc(C)cc(Cc2ccc3ccccc3c2/C=C2\C(=O)NC(=O)N(c3cc(Cl)ccc3C)C2=O)c1. The van der Waals surface area contributed by atoms with Crippen LogP contribution in [0.1, 0.15) is 33.4 Å². The summed E-state index contributed by atoms with van der Waals surface area (Å²) in [6.45, 7) is 5.90. The van der Waals surface area contributed by atoms with Gasteiger partial charge in [-0.2, -0.15) is 0 Å². The number of nitrogens with zero attached hydrogens (tertiary/aromatic N) is 1. The number of aryl methyl sites for hydroxylation is 3. The van der Waals surface area contributed by atoms with E-state index in [2.05, 4.69) is 37.4 Å². The Hall–Kier alpha value is -4.22. The number of carbonyl (C=O) groups excluding carboxylic acids is 3. The van der Waals surface area contributed by atoms with E-state index < -0.39 is 17.8 Å². The molecule has 4 aromatic rings. The molecule has 37 heavy (non-hydrogen) atoms. The van der Waals surface area contributed by atoms with E-state index in [0.717, 1.165) is 32.4 Å². The normalized spacial score (nSPS) is 15.0. The third kappa shape index (κ3) is 4.78. The summed E-state index contributed by atoms with van der Waals surface area (Å²) in [4.78, 5) is 40.4. The lowest BCUT2D eigenvalue weighted by Crippen LogP contribution is -2.54. The van der Waals surface area contributed by atoms with Crippen molar-refractivity contribution >= 4 is 52.0 Å². The second kappa shape index (κ2) is 9.68. The summed E-state index contributed by atoms with van der Waals surface area (Å²) in [6, 6.07) is 22.5. The molecular formula is C31H25ClN2O3. The number of anilines is 1. The van der Waals surface area contributed by atoms with Gasteiger partial charge in [0.1, 0.15) is 5.57 Å². The van der Waals surface area contributed by atoms with E-state index in [0.29, 0.717) is 22.7 Å². The smallest absolute Gasteiger partial charge is 0.273 e. The van der Waals surface area contributed by atoms with Crippen molar-refractivity contribution in [1.29, 1.82) is 0 Å². The van der Waals surface area contributed by atoms with Crippen molar-refractivity contribution in [3.8, 4) is 0 Å². The quantitative estimate of drug-likeness (QED) is 0.247. The van der Waals surface area contributed by atoms with E-state index in [9.17, 15) is 14.4 Å². The Morgan fingerprint density at radius 3 is 2.35 bits per heavy atom. The number of carbonyl (C=O) groups is 3. The Bertz CT molecular complexity index is 1620. The van der Waals surface area contributed by atoms with Crippen molar-refractivity contribution in [2.75, 3.05) is 4.90 Å². The lowest BCUT2D eigenvalue weighted by Gasteiger charge is -2.28. The number of fused-ring (bicyclic) bond motifs is 1. The van der Waals surface area contributed by atoms with Crippen LogP contribution in [0.2, 0.25) is 5.02 Å². The van der Waals surface area contributed by atoms with E-state index in [1.54, 1.807) is 31.2 Å². The number of nitrogens with one attached hydrogen (secondary N) is 1. The first kappa shape index (κ1) is 24.5. The van der Waals surface area contributed by atoms with Crippen LogP contribution >= 0.6 is 11.6 Å². The van der Waals surface area contributed by atoms with E-state index >= 15 is 0 Å². The standard InChI is InChI=1S/C31H25ClN2O3/c1-18-12-19(2)14-21(13-18)15-23-10-9-22-6-4-5-7-25(22)26(23)17-27-29(35)33-31(37)34(30(27)36)28-16-24(32)11-8-20(28)3/h4-14,16-17H,15H2,1-3H3,(H,33,35,37)/b27-17+. The molecule has 1 fully saturated rings. The van der Waals surface area contributed by atoms with Crippen LogP contribution in [0.4, 0.5) is 10.5 Å². The first-order valence-electron chi connectivity index (χ1n) is 12.0. The van der Waals surface area contributed by atoms with Gasteiger partial charge in [-0.25, -0.2) is 9.69 Å². The predicted octanol–water partition coefficient (Wildman–Crippen LogP) is 6.68. The van der Waals surface area contributed by atoms with Gasteiger partial charge in [0.15, 0.2) is 0 Å². The fourth-order valence-electron chi connectivity index (χ4n) is 4.90. The fraction of sp³-hybridized carbons (Fsp3) is 0.129. The van der Waals surface area contributed by atoms with Crippen LogP contribution in [0.3, 0.4) is 0 Å². The number of halogens is 1. The predicted molar refractivity (Wildman–Crippen MR) is 148 cm³/mol. The van der Waals surface area contributed by atoms with Crippen LogP contribution in [-0.2, 0) is 16.0 Å². The molecule has 1 aliphatic heterocycles. The second-order valence-electron chi connectivity index (χ2n) is 9.42. The number of amides is 4. The van der Waals surface area contributed by atoms with E-state index in [-0.39, 0.29) is 5.57 Å². The van der Waals surface area contributed by atoms with Crippen molar-refractivity contribution in [3.63, 3.8) is 0 Å². The summed E-state index contributed by atoms with van der Waals surface area (Å²) in [5.41, 5.74) is 6.12. The largest absolute Gasteiger partial charge is 0.335 e. The average molecular weight is 509 g/mol. The lowest BCUT2D eigenvalue weighted by molar-refractivity contribution is -0.122. The van der Waals surface area contributed by atoms with Gasteiger partial charge in [-0.15, -0.1) is 0 Å². The van der Waals surface area contributed by atoms with Crippen molar-refractivity contribution < 1.29 is 14.4 Å². The Morgan fingerprint density at radius 2 is 1.59 bits per heavy atom. The number of rotatable bonds is 4. The van der Waals surface area contributed by atoms with Crippen LogP contribution in [-0.4, -0.2) is 17.8 Å². The molecule has 0 aliphatic carbocycles. The van der Waals surface area contributed by atoms with Crippen LogP contribution in [0.25, 0.3) is 16.8 Å². The zero-order valence-corrected chi connectivity index (χ0v) is 21.5. The molecule has 1 aliphatic rings. The van der Waals surface area contributed by atoms with Crippen molar-refractivity contribution in [2.24, 2.45) is 0 Å². The molecule has 0 saturated carbocycles. The summed E-state index contributed by atoms with van der Waals surface area (Å²) in [6.07, 6.45) is 2.23. The molecule has 0 aromatic heterocycles. The third-order valence-electron chi connectivity index (χ3n) is 6.54. The van der Waals surface area contributed by atoms with Gasteiger partial charge in [-0.1, -0.05) is 83.4 Å². The molecule has 4 amide bonds. The van der Waals surface area contributed by atoms with Crippen molar-refractivity contribution in [3.05, 3.63) is 117 Å². The highest BCUT2D eigenvalue weighted by molar-refractivity contribution is 6.40. The maximum absolute atomic E-state index is 13.6. The first-order chi connectivity index (χ1) is 17.7. The number of imide groups is 2. The Balaban J connectivity index is 1.66. The summed E-state index contributed by atoms with van der Waals surface area (Å²) in [7, 11) is 0. The van der Waals surface area contributed by atoms with E-state index in [4.69, 9.17) is 11.6 Å². The monoisotopic (exact) mass is 508 g/mol. The van der Waals surface area contributed by atoms with Crippen molar-refractivity contribution in [1.82, 2.24) is 5.32 Å². The molecule has 0 spiro atoms. The first-order valence-corrected chi connectivity index (χ1v) is 12.3. The minimum Gasteiger partial charge on any atom is -0.273 e. The van der Waals surface area contributed by atoms with Gasteiger partial charge in [0.05, 0.1) is 5.69 Å². The number of hydrogen-bond acceptors (Lipinski definition) is 3. The highest BCUT2D eigenvalue weighted by Crippen LogP contribution is 2.31. The lowest BCUT2D eigenvalue weighted by atomic mass is 9.91. The summed E-state index contributed by atoms with van der Waals surface area (Å²) >= 11 is 6.16. The summed E-state index contributed by atoms with van der Waals surface area (Å²) in [5, 5.41) is 4.61. The molecule has 4 aromatic carbocycles. The molecule has 0 bridgehead atoms. The molecule has 0 atom stereocenters. The minimum atomic E-state index is -0.800. The van der Waals surface area contributed by atoms with Gasteiger partial charge in [0.25, 0.3) is 11.8 Å². The van der Waals surface area contributed by atoms with Gasteiger partial charge < -0.3 is 0 Å². The highest BCUT2D eigenvalue weighted by atomic mass is 35.5. The van der Waals surface area contributed by atoms with Gasteiger partial charge in [-0.3, -0.25) is 14.9 Å². The molecule has 1 N–H and O–H groups in total. The molecule has 6 heteroatoms. The summed E-state index contributed by atoms with van der Waals surface area (Å²) in [5.74, 6) is -1.42. The maximum Gasteiger partial charge on any atom is 0.335 e.